The maximum absolute atomic E-state index is 6.89. The second kappa shape index (κ2) is 4.22. The van der Waals surface area contributed by atoms with Crippen LogP contribution in [0.4, 0.5) is 0 Å². The van der Waals surface area contributed by atoms with Gasteiger partial charge in [-0.05, 0) is 67.0 Å². The number of allylic oxidation sites excluding steroid dienone is 2. The van der Waals surface area contributed by atoms with Crippen LogP contribution >= 0.6 is 0 Å². The minimum Gasteiger partial charge on any atom is -0.413 e. The minimum atomic E-state index is -1.64. The summed E-state index contributed by atoms with van der Waals surface area (Å²) < 4.78 is 6.89. The first-order chi connectivity index (χ1) is 9.12. The second-order valence-electron chi connectivity index (χ2n) is 9.26. The lowest BCUT2D eigenvalue weighted by molar-refractivity contribution is 0.0139. The van der Waals surface area contributed by atoms with Gasteiger partial charge in [0, 0.05) is 0 Å². The van der Waals surface area contributed by atoms with Gasteiger partial charge in [0.05, 0.1) is 6.10 Å². The third kappa shape index (κ3) is 1.76. The van der Waals surface area contributed by atoms with E-state index in [1.807, 2.05) is 0 Å². The Morgan fingerprint density at radius 2 is 1.85 bits per heavy atom. The van der Waals surface area contributed by atoms with Crippen LogP contribution in [0.5, 0.6) is 0 Å². The van der Waals surface area contributed by atoms with Gasteiger partial charge in [0.1, 0.15) is 0 Å². The molecule has 0 aromatic carbocycles. The van der Waals surface area contributed by atoms with E-state index in [2.05, 4.69) is 52.9 Å². The van der Waals surface area contributed by atoms with Crippen LogP contribution in [0.2, 0.25) is 18.1 Å². The summed E-state index contributed by atoms with van der Waals surface area (Å²) in [4.78, 5) is 0. The summed E-state index contributed by atoms with van der Waals surface area (Å²) in [6, 6.07) is 0. The Hall–Kier alpha value is -0.0831. The zero-order valence-corrected chi connectivity index (χ0v) is 15.3. The molecule has 2 fully saturated rings. The predicted molar refractivity (Wildman–Crippen MR) is 88.3 cm³/mol. The largest absolute Gasteiger partial charge is 0.413 e. The molecule has 20 heavy (non-hydrogen) atoms. The van der Waals surface area contributed by atoms with Crippen LogP contribution in [-0.4, -0.2) is 14.4 Å². The normalized spacial score (nSPS) is 43.9. The molecule has 0 bridgehead atoms. The quantitative estimate of drug-likeness (QED) is 0.480. The summed E-state index contributed by atoms with van der Waals surface area (Å²) >= 11 is 0. The summed E-state index contributed by atoms with van der Waals surface area (Å²) in [6.07, 6.45) is 12.2. The molecule has 0 aromatic rings. The van der Waals surface area contributed by atoms with Gasteiger partial charge in [0.25, 0.3) is 0 Å². The van der Waals surface area contributed by atoms with Crippen molar-refractivity contribution in [3.63, 3.8) is 0 Å². The fraction of sp³-hybridized carbons (Fsp3) is 0.889. The fourth-order valence-corrected chi connectivity index (χ4v) is 6.44. The third-order valence-electron chi connectivity index (χ3n) is 7.48. The van der Waals surface area contributed by atoms with E-state index in [1.54, 1.807) is 0 Å². The van der Waals surface area contributed by atoms with Crippen LogP contribution in [-0.2, 0) is 4.43 Å². The van der Waals surface area contributed by atoms with Crippen LogP contribution in [0, 0.1) is 16.7 Å². The van der Waals surface area contributed by atoms with Crippen molar-refractivity contribution in [2.24, 2.45) is 16.7 Å². The molecule has 0 N–H and O–H groups in total. The van der Waals surface area contributed by atoms with Crippen molar-refractivity contribution < 1.29 is 4.43 Å². The number of hydrogen-bond donors (Lipinski definition) is 0. The van der Waals surface area contributed by atoms with E-state index in [0.717, 1.165) is 5.92 Å². The molecule has 4 atom stereocenters. The van der Waals surface area contributed by atoms with Crippen LogP contribution in [0.3, 0.4) is 0 Å². The van der Waals surface area contributed by atoms with Crippen molar-refractivity contribution in [2.75, 3.05) is 0 Å². The Labute approximate surface area is 126 Å². The molecule has 3 aliphatic carbocycles. The van der Waals surface area contributed by atoms with Crippen LogP contribution in [0.25, 0.3) is 0 Å². The molecule has 114 valence electrons. The molecule has 0 radical (unpaired) electrons. The highest BCUT2D eigenvalue weighted by molar-refractivity contribution is 6.74. The minimum absolute atomic E-state index is 0.324. The number of hydrogen-bond acceptors (Lipinski definition) is 1. The van der Waals surface area contributed by atoms with Gasteiger partial charge in [0.15, 0.2) is 8.32 Å². The Balaban J connectivity index is 1.84. The molecule has 2 heteroatoms. The lowest BCUT2D eigenvalue weighted by atomic mass is 9.65. The maximum atomic E-state index is 6.89. The average molecular weight is 293 g/mol. The molecule has 0 unspecified atom stereocenters. The highest BCUT2D eigenvalue weighted by atomic mass is 28.4. The molecule has 0 amide bonds. The molecular formula is C18H32OSi. The Morgan fingerprint density at radius 1 is 1.15 bits per heavy atom. The maximum Gasteiger partial charge on any atom is 0.192 e. The molecule has 0 aliphatic heterocycles. The van der Waals surface area contributed by atoms with E-state index in [0.29, 0.717) is 22.0 Å². The highest BCUT2D eigenvalue weighted by Gasteiger charge is 2.65. The molecule has 0 saturated heterocycles. The Kier molecular flexibility index (Phi) is 3.13. The summed E-state index contributed by atoms with van der Waals surface area (Å²) in [5.74, 6) is 0.848. The zero-order valence-electron chi connectivity index (χ0n) is 14.3. The van der Waals surface area contributed by atoms with Crippen LogP contribution < -0.4 is 0 Å². The zero-order chi connectivity index (χ0) is 14.8. The van der Waals surface area contributed by atoms with Crippen LogP contribution in [0.15, 0.2) is 12.2 Å². The highest BCUT2D eigenvalue weighted by Crippen LogP contribution is 2.70. The van der Waals surface area contributed by atoms with Gasteiger partial charge in [0.2, 0.25) is 0 Å². The SMILES string of the molecule is CC(C)(C)[Si](C)(C)O[C@H]1CC[C@@]23CC=C[C@@H]2CC[C@@]13C. The van der Waals surface area contributed by atoms with Crippen molar-refractivity contribution in [1.82, 2.24) is 0 Å². The van der Waals surface area contributed by atoms with Crippen LogP contribution in [0.1, 0.15) is 59.8 Å². The van der Waals surface area contributed by atoms with Crippen molar-refractivity contribution in [3.8, 4) is 0 Å². The molecule has 1 nitrogen and oxygen atoms in total. The van der Waals surface area contributed by atoms with E-state index in [-0.39, 0.29) is 0 Å². The van der Waals surface area contributed by atoms with E-state index in [4.69, 9.17) is 4.43 Å². The van der Waals surface area contributed by atoms with E-state index >= 15 is 0 Å². The van der Waals surface area contributed by atoms with Gasteiger partial charge in [-0.25, -0.2) is 0 Å². The van der Waals surface area contributed by atoms with Crippen molar-refractivity contribution in [2.45, 2.75) is 84.0 Å². The van der Waals surface area contributed by atoms with Crippen molar-refractivity contribution in [3.05, 3.63) is 12.2 Å². The Bertz CT molecular complexity index is 433. The van der Waals surface area contributed by atoms with Crippen molar-refractivity contribution >= 4 is 8.32 Å². The molecule has 3 rings (SSSR count). The first-order valence-corrected chi connectivity index (χ1v) is 11.4. The molecule has 2 saturated carbocycles. The summed E-state index contributed by atoms with van der Waals surface area (Å²) in [5.41, 5.74) is 0.983. The average Bonchev–Trinajstić information content (AvgIpc) is 2.90. The smallest absolute Gasteiger partial charge is 0.192 e. The first kappa shape index (κ1) is 14.8. The lowest BCUT2D eigenvalue weighted by Gasteiger charge is -2.46. The van der Waals surface area contributed by atoms with Gasteiger partial charge >= 0.3 is 0 Å². The molecule has 0 aromatic heterocycles. The van der Waals surface area contributed by atoms with Crippen molar-refractivity contribution in [1.29, 1.82) is 0 Å². The summed E-state index contributed by atoms with van der Waals surface area (Å²) in [6.45, 7) is 14.5. The van der Waals surface area contributed by atoms with Gasteiger partial charge in [-0.1, -0.05) is 39.8 Å². The third-order valence-corrected chi connectivity index (χ3v) is 12.0. The van der Waals surface area contributed by atoms with E-state index in [1.165, 1.54) is 32.1 Å². The fourth-order valence-electron chi connectivity index (χ4n) is 4.99. The molecular weight excluding hydrogens is 260 g/mol. The van der Waals surface area contributed by atoms with E-state index < -0.39 is 8.32 Å². The lowest BCUT2D eigenvalue weighted by Crippen LogP contribution is -2.48. The number of rotatable bonds is 2. The standard InChI is InChI=1S/C18H32OSi/c1-16(2,3)20(5,6)19-15-10-13-18-11-7-8-14(18)9-12-17(15,18)4/h7-8,14-15H,9-13H2,1-6H3/t14-,15+,17+,18+/m1/s1. The van der Waals surface area contributed by atoms with Gasteiger partial charge < -0.3 is 4.43 Å². The monoisotopic (exact) mass is 292 g/mol. The molecule has 1 spiro atoms. The Morgan fingerprint density at radius 3 is 2.50 bits per heavy atom. The topological polar surface area (TPSA) is 9.23 Å². The first-order valence-electron chi connectivity index (χ1n) is 8.47. The molecule has 3 aliphatic rings. The summed E-state index contributed by atoms with van der Waals surface area (Å²) in [7, 11) is -1.64. The van der Waals surface area contributed by atoms with Gasteiger partial charge in [-0.2, -0.15) is 0 Å². The molecule has 0 heterocycles. The second-order valence-corrected chi connectivity index (χ2v) is 14.0. The van der Waals surface area contributed by atoms with Gasteiger partial charge in [-0.3, -0.25) is 0 Å². The predicted octanol–water partition coefficient (Wildman–Crippen LogP) is 5.53. The summed E-state index contributed by atoms with van der Waals surface area (Å²) in [5, 5.41) is 0.324. The van der Waals surface area contributed by atoms with Gasteiger partial charge in [-0.15, -0.1) is 0 Å². The van der Waals surface area contributed by atoms with E-state index in [9.17, 15) is 0 Å².